The van der Waals surface area contributed by atoms with E-state index in [1.807, 2.05) is 11.8 Å². The molecule has 1 aromatic carbocycles. The Morgan fingerprint density at radius 1 is 1.29 bits per heavy atom. The third kappa shape index (κ3) is 5.11. The Morgan fingerprint density at radius 2 is 2.06 bits per heavy atom. The van der Waals surface area contributed by atoms with Crippen molar-refractivity contribution in [1.82, 2.24) is 0 Å². The first-order chi connectivity index (χ1) is 8.15. The van der Waals surface area contributed by atoms with E-state index in [2.05, 4.69) is 32.0 Å². The molecule has 1 atom stereocenters. The van der Waals surface area contributed by atoms with Crippen molar-refractivity contribution in [2.75, 3.05) is 25.2 Å². The summed E-state index contributed by atoms with van der Waals surface area (Å²) in [5.41, 5.74) is 10.1. The summed E-state index contributed by atoms with van der Waals surface area (Å²) in [4.78, 5) is 0. The molecule has 0 heterocycles. The molecule has 3 heteroatoms. The highest BCUT2D eigenvalue weighted by molar-refractivity contribution is 7.99. The molecule has 96 valence electrons. The Balaban J connectivity index is 2.36. The van der Waals surface area contributed by atoms with Gasteiger partial charge in [0.25, 0.3) is 0 Å². The Hall–Kier alpha value is -0.510. The molecular weight excluding hydrogens is 230 g/mol. The first-order valence-corrected chi connectivity index (χ1v) is 7.20. The highest BCUT2D eigenvalue weighted by Gasteiger charge is 2.06. The second kappa shape index (κ2) is 7.75. The zero-order valence-electron chi connectivity index (χ0n) is 11.0. The number of ether oxygens (including phenoxy) is 1. The molecule has 0 amide bonds. The maximum absolute atomic E-state index is 6.18. The van der Waals surface area contributed by atoms with Crippen LogP contribution in [0, 0.1) is 13.8 Å². The van der Waals surface area contributed by atoms with Crippen molar-refractivity contribution >= 4 is 11.8 Å². The number of hydrogen-bond acceptors (Lipinski definition) is 3. The van der Waals surface area contributed by atoms with Crippen molar-refractivity contribution in [3.8, 4) is 0 Å². The molecule has 0 aliphatic rings. The maximum Gasteiger partial charge on any atom is 0.0470 e. The van der Waals surface area contributed by atoms with Crippen molar-refractivity contribution < 1.29 is 4.74 Å². The summed E-state index contributed by atoms with van der Waals surface area (Å²) in [6.45, 7) is 5.10. The fourth-order valence-corrected chi connectivity index (χ4v) is 2.54. The van der Waals surface area contributed by atoms with Gasteiger partial charge in [-0.1, -0.05) is 18.2 Å². The summed E-state index contributed by atoms with van der Waals surface area (Å²) in [5.74, 6) is 2.10. The molecule has 0 bridgehead atoms. The van der Waals surface area contributed by atoms with Crippen LogP contribution in [0.25, 0.3) is 0 Å². The normalized spacial score (nSPS) is 12.7. The van der Waals surface area contributed by atoms with E-state index in [-0.39, 0.29) is 6.04 Å². The topological polar surface area (TPSA) is 35.2 Å². The third-order valence-electron chi connectivity index (χ3n) is 2.89. The van der Waals surface area contributed by atoms with Crippen LogP contribution in [0.3, 0.4) is 0 Å². The van der Waals surface area contributed by atoms with Gasteiger partial charge in [0.2, 0.25) is 0 Å². The zero-order chi connectivity index (χ0) is 12.7. The number of hydrogen-bond donors (Lipinski definition) is 1. The average Bonchev–Trinajstić information content (AvgIpc) is 2.32. The van der Waals surface area contributed by atoms with Crippen LogP contribution in [0.15, 0.2) is 18.2 Å². The Kier molecular flexibility index (Phi) is 6.63. The predicted octanol–water partition coefficient (Wildman–Crippen LogP) is 3.07. The van der Waals surface area contributed by atoms with E-state index in [1.54, 1.807) is 7.11 Å². The van der Waals surface area contributed by atoms with Gasteiger partial charge in [-0.05, 0) is 42.7 Å². The van der Waals surface area contributed by atoms with E-state index in [0.717, 1.165) is 24.5 Å². The van der Waals surface area contributed by atoms with Crippen LogP contribution < -0.4 is 5.73 Å². The lowest BCUT2D eigenvalue weighted by atomic mass is 10.0. The fraction of sp³-hybridized carbons (Fsp3) is 0.571. The first kappa shape index (κ1) is 14.6. The molecule has 2 nitrogen and oxygen atoms in total. The fourth-order valence-electron chi connectivity index (χ4n) is 1.61. The molecule has 0 saturated carbocycles. The summed E-state index contributed by atoms with van der Waals surface area (Å²) in [6, 6.07) is 6.64. The minimum atomic E-state index is 0.141. The molecular formula is C14H23NOS. The van der Waals surface area contributed by atoms with Gasteiger partial charge in [-0.2, -0.15) is 11.8 Å². The number of thioether (sulfide) groups is 1. The minimum absolute atomic E-state index is 0.141. The van der Waals surface area contributed by atoms with Gasteiger partial charge in [0.15, 0.2) is 0 Å². The van der Waals surface area contributed by atoms with Crippen molar-refractivity contribution in [2.45, 2.75) is 26.3 Å². The Labute approximate surface area is 109 Å². The summed E-state index contributed by atoms with van der Waals surface area (Å²) in [5, 5.41) is 0. The Morgan fingerprint density at radius 3 is 2.71 bits per heavy atom. The summed E-state index contributed by atoms with van der Waals surface area (Å²) < 4.78 is 5.02. The molecule has 0 saturated heterocycles. The molecule has 17 heavy (non-hydrogen) atoms. The number of methoxy groups -OCH3 is 1. The van der Waals surface area contributed by atoms with Gasteiger partial charge < -0.3 is 10.5 Å². The van der Waals surface area contributed by atoms with Gasteiger partial charge in [0.05, 0.1) is 0 Å². The van der Waals surface area contributed by atoms with Gasteiger partial charge in [-0.25, -0.2) is 0 Å². The lowest BCUT2D eigenvalue weighted by molar-refractivity contribution is 0.200. The molecule has 0 aromatic heterocycles. The summed E-state index contributed by atoms with van der Waals surface area (Å²) >= 11 is 1.90. The monoisotopic (exact) mass is 253 g/mol. The van der Waals surface area contributed by atoms with Crippen LogP contribution in [0.5, 0.6) is 0 Å². The minimum Gasteiger partial charge on any atom is -0.385 e. The van der Waals surface area contributed by atoms with E-state index < -0.39 is 0 Å². The molecule has 0 aliphatic carbocycles. The smallest absolute Gasteiger partial charge is 0.0470 e. The second-order valence-electron chi connectivity index (χ2n) is 4.37. The standard InChI is InChI=1S/C14H23NOS/c1-11-5-6-13(9-12(11)2)14(15)10-17-8-4-7-16-3/h5-6,9,14H,4,7-8,10,15H2,1-3H3. The number of rotatable bonds is 7. The van der Waals surface area contributed by atoms with Crippen LogP contribution in [0.1, 0.15) is 29.2 Å². The average molecular weight is 253 g/mol. The second-order valence-corrected chi connectivity index (χ2v) is 5.52. The molecule has 0 aliphatic heterocycles. The van der Waals surface area contributed by atoms with E-state index in [4.69, 9.17) is 10.5 Å². The number of aryl methyl sites for hydroxylation is 2. The zero-order valence-corrected chi connectivity index (χ0v) is 11.8. The van der Waals surface area contributed by atoms with Crippen molar-refractivity contribution in [3.63, 3.8) is 0 Å². The highest BCUT2D eigenvalue weighted by Crippen LogP contribution is 2.19. The first-order valence-electron chi connectivity index (χ1n) is 6.04. The van der Waals surface area contributed by atoms with Gasteiger partial charge in [0, 0.05) is 25.5 Å². The van der Waals surface area contributed by atoms with Gasteiger partial charge >= 0.3 is 0 Å². The van der Waals surface area contributed by atoms with Crippen LogP contribution >= 0.6 is 11.8 Å². The maximum atomic E-state index is 6.18. The Bertz CT molecular complexity index is 341. The summed E-state index contributed by atoms with van der Waals surface area (Å²) in [7, 11) is 1.74. The largest absolute Gasteiger partial charge is 0.385 e. The lowest BCUT2D eigenvalue weighted by Gasteiger charge is -2.13. The predicted molar refractivity (Wildman–Crippen MR) is 76.7 cm³/mol. The van der Waals surface area contributed by atoms with Gasteiger partial charge in [0.1, 0.15) is 0 Å². The molecule has 1 aromatic rings. The van der Waals surface area contributed by atoms with E-state index in [1.165, 1.54) is 16.7 Å². The summed E-state index contributed by atoms with van der Waals surface area (Å²) in [6.07, 6.45) is 1.10. The molecule has 1 unspecified atom stereocenters. The molecule has 0 spiro atoms. The van der Waals surface area contributed by atoms with E-state index in [0.29, 0.717) is 0 Å². The van der Waals surface area contributed by atoms with Crippen LogP contribution in [-0.2, 0) is 4.74 Å². The van der Waals surface area contributed by atoms with Crippen LogP contribution in [0.4, 0.5) is 0 Å². The molecule has 0 fully saturated rings. The number of nitrogens with two attached hydrogens (primary N) is 1. The third-order valence-corrected chi connectivity index (χ3v) is 4.07. The quantitative estimate of drug-likeness (QED) is 0.759. The number of benzene rings is 1. The lowest BCUT2D eigenvalue weighted by Crippen LogP contribution is -2.13. The van der Waals surface area contributed by atoms with E-state index in [9.17, 15) is 0 Å². The van der Waals surface area contributed by atoms with Crippen molar-refractivity contribution in [2.24, 2.45) is 5.73 Å². The van der Waals surface area contributed by atoms with Crippen molar-refractivity contribution in [1.29, 1.82) is 0 Å². The van der Waals surface area contributed by atoms with Gasteiger partial charge in [-0.3, -0.25) is 0 Å². The van der Waals surface area contributed by atoms with Crippen LogP contribution in [-0.4, -0.2) is 25.2 Å². The van der Waals surface area contributed by atoms with E-state index >= 15 is 0 Å². The highest BCUT2D eigenvalue weighted by atomic mass is 32.2. The molecule has 1 rings (SSSR count). The van der Waals surface area contributed by atoms with Gasteiger partial charge in [-0.15, -0.1) is 0 Å². The molecule has 0 radical (unpaired) electrons. The SMILES string of the molecule is COCCCSCC(N)c1ccc(C)c(C)c1. The molecule has 2 N–H and O–H groups in total. The van der Waals surface area contributed by atoms with Crippen molar-refractivity contribution in [3.05, 3.63) is 34.9 Å². The van der Waals surface area contributed by atoms with Crippen LogP contribution in [0.2, 0.25) is 0 Å².